The number of aromatic amines is 1. The predicted molar refractivity (Wildman–Crippen MR) is 140 cm³/mol. The van der Waals surface area contributed by atoms with E-state index in [1.807, 2.05) is 65.2 Å². The van der Waals surface area contributed by atoms with Crippen molar-refractivity contribution in [2.45, 2.75) is 39.3 Å². The van der Waals surface area contributed by atoms with Gasteiger partial charge in [-0.05, 0) is 46.0 Å². The van der Waals surface area contributed by atoms with Crippen LogP contribution < -0.4 is 5.69 Å². The number of nitrogens with zero attached hydrogens (tertiary/aromatic N) is 6. The first-order valence-corrected chi connectivity index (χ1v) is 12.3. The highest BCUT2D eigenvalue weighted by Crippen LogP contribution is 2.29. The summed E-state index contributed by atoms with van der Waals surface area (Å²) in [6.45, 7) is 3.03. The van der Waals surface area contributed by atoms with E-state index in [0.29, 0.717) is 24.1 Å². The normalized spacial score (nSPS) is 11.2. The van der Waals surface area contributed by atoms with Crippen LogP contribution in [0.1, 0.15) is 36.6 Å². The van der Waals surface area contributed by atoms with Crippen LogP contribution in [0, 0.1) is 0 Å². The van der Waals surface area contributed by atoms with Crippen molar-refractivity contribution in [2.24, 2.45) is 0 Å². The van der Waals surface area contributed by atoms with Crippen molar-refractivity contribution in [3.8, 4) is 22.5 Å². The Morgan fingerprint density at radius 3 is 2.39 bits per heavy atom. The quantitative estimate of drug-likeness (QED) is 0.308. The molecule has 3 heterocycles. The highest BCUT2D eigenvalue weighted by atomic mass is 35.5. The average Bonchev–Trinajstić information content (AvgIpc) is 3.53. The molecule has 0 spiro atoms. The molecular weight excluding hydrogens is 474 g/mol. The zero-order valence-corrected chi connectivity index (χ0v) is 20.7. The van der Waals surface area contributed by atoms with Crippen molar-refractivity contribution >= 4 is 11.6 Å². The van der Waals surface area contributed by atoms with Crippen LogP contribution in [-0.4, -0.2) is 34.7 Å². The second-order valence-electron chi connectivity index (χ2n) is 8.65. The van der Waals surface area contributed by atoms with Crippen LogP contribution in [0.4, 0.5) is 0 Å². The first kappa shape index (κ1) is 23.7. The fraction of sp³-hybridized carbons (Fsp3) is 0.222. The average molecular weight is 500 g/mol. The Kier molecular flexibility index (Phi) is 7.04. The van der Waals surface area contributed by atoms with E-state index >= 15 is 0 Å². The molecule has 9 heteroatoms. The summed E-state index contributed by atoms with van der Waals surface area (Å²) in [7, 11) is 0. The molecule has 36 heavy (non-hydrogen) atoms. The molecule has 0 aliphatic rings. The van der Waals surface area contributed by atoms with Gasteiger partial charge in [0.15, 0.2) is 5.82 Å². The van der Waals surface area contributed by atoms with Gasteiger partial charge >= 0.3 is 5.69 Å². The lowest BCUT2D eigenvalue weighted by molar-refractivity contribution is 0.655. The Morgan fingerprint density at radius 2 is 1.67 bits per heavy atom. The van der Waals surface area contributed by atoms with Crippen molar-refractivity contribution in [3.05, 3.63) is 106 Å². The number of halogens is 1. The van der Waals surface area contributed by atoms with Gasteiger partial charge in [0, 0.05) is 23.5 Å². The van der Waals surface area contributed by atoms with Crippen LogP contribution >= 0.6 is 11.6 Å². The Balaban J connectivity index is 1.45. The lowest BCUT2D eigenvalue weighted by Crippen LogP contribution is -2.26. The van der Waals surface area contributed by atoms with Gasteiger partial charge in [-0.25, -0.2) is 9.89 Å². The number of tetrazole rings is 1. The number of H-pyrrole nitrogens is 1. The highest BCUT2D eigenvalue weighted by molar-refractivity contribution is 6.30. The van der Waals surface area contributed by atoms with Gasteiger partial charge in [0.05, 0.1) is 18.8 Å². The van der Waals surface area contributed by atoms with Crippen LogP contribution in [0.25, 0.3) is 22.5 Å². The number of rotatable bonds is 9. The zero-order valence-electron chi connectivity index (χ0n) is 19.9. The monoisotopic (exact) mass is 499 g/mol. The van der Waals surface area contributed by atoms with Crippen LogP contribution in [0.5, 0.6) is 0 Å². The van der Waals surface area contributed by atoms with Crippen molar-refractivity contribution < 1.29 is 0 Å². The summed E-state index contributed by atoms with van der Waals surface area (Å²) >= 11 is 6.77. The Labute approximate surface area is 213 Å². The number of nitrogens with one attached hydrogen (secondary N) is 1. The molecule has 2 aromatic carbocycles. The van der Waals surface area contributed by atoms with E-state index in [9.17, 15) is 4.79 Å². The maximum absolute atomic E-state index is 13.5. The highest BCUT2D eigenvalue weighted by Gasteiger charge is 2.19. The third-order valence-electron chi connectivity index (χ3n) is 6.24. The first-order valence-electron chi connectivity index (χ1n) is 11.9. The maximum atomic E-state index is 13.5. The molecule has 182 valence electrons. The lowest BCUT2D eigenvalue weighted by Gasteiger charge is -2.10. The molecule has 0 aliphatic carbocycles. The van der Waals surface area contributed by atoms with E-state index in [4.69, 9.17) is 11.6 Å². The number of pyridine rings is 1. The van der Waals surface area contributed by atoms with E-state index < -0.39 is 0 Å². The minimum Gasteiger partial charge on any atom is -0.290 e. The first-order chi connectivity index (χ1) is 17.7. The van der Waals surface area contributed by atoms with Crippen LogP contribution in [0.3, 0.4) is 0 Å². The standard InChI is InChI=1S/C27H26ClN7O/c1-2-3-9-24-25(28)35(18-19-7-5-4-6-8-19)27(36)34(24)17-20-10-12-21(13-11-20)23-16-29-15-14-22(23)26-30-32-33-31-26/h4-8,10-16H,2-3,9,17-18H2,1H3,(H,30,31,32,33). The molecule has 5 rings (SSSR count). The molecule has 0 radical (unpaired) electrons. The van der Waals surface area contributed by atoms with Gasteiger partial charge in [0.25, 0.3) is 0 Å². The molecule has 8 nitrogen and oxygen atoms in total. The SMILES string of the molecule is CCCCc1c(Cl)n(Cc2ccccc2)c(=O)n1Cc1ccc(-c2cnccc2-c2nnn[nH]2)cc1. The Morgan fingerprint density at radius 1 is 0.917 bits per heavy atom. The largest absolute Gasteiger partial charge is 0.330 e. The molecular formula is C27H26ClN7O. The molecule has 3 aromatic heterocycles. The van der Waals surface area contributed by atoms with Gasteiger partial charge < -0.3 is 0 Å². The predicted octanol–water partition coefficient (Wildman–Crippen LogP) is 4.98. The van der Waals surface area contributed by atoms with E-state index in [1.54, 1.807) is 17.0 Å². The zero-order chi connectivity index (χ0) is 24.9. The maximum Gasteiger partial charge on any atom is 0.330 e. The molecule has 0 unspecified atom stereocenters. The molecule has 0 bridgehead atoms. The summed E-state index contributed by atoms with van der Waals surface area (Å²) in [5.74, 6) is 0.581. The van der Waals surface area contributed by atoms with Crippen molar-refractivity contribution in [1.82, 2.24) is 34.7 Å². The van der Waals surface area contributed by atoms with Crippen molar-refractivity contribution in [3.63, 3.8) is 0 Å². The van der Waals surface area contributed by atoms with E-state index in [2.05, 4.69) is 32.5 Å². The molecule has 1 N–H and O–H groups in total. The summed E-state index contributed by atoms with van der Waals surface area (Å²) in [6.07, 6.45) is 6.26. The molecule has 0 amide bonds. The minimum atomic E-state index is -0.0913. The smallest absolute Gasteiger partial charge is 0.290 e. The van der Waals surface area contributed by atoms with E-state index in [1.165, 1.54) is 0 Å². The molecule has 0 saturated heterocycles. The van der Waals surface area contributed by atoms with E-state index in [-0.39, 0.29) is 5.69 Å². The van der Waals surface area contributed by atoms with Crippen molar-refractivity contribution in [1.29, 1.82) is 0 Å². The van der Waals surface area contributed by atoms with Gasteiger partial charge in [-0.15, -0.1) is 5.10 Å². The molecule has 5 aromatic rings. The minimum absolute atomic E-state index is 0.0913. The second-order valence-corrected chi connectivity index (χ2v) is 9.01. The van der Waals surface area contributed by atoms with Crippen molar-refractivity contribution in [2.75, 3.05) is 0 Å². The number of hydrogen-bond acceptors (Lipinski definition) is 5. The van der Waals surface area contributed by atoms with Crippen LogP contribution in [0.2, 0.25) is 5.15 Å². The number of aromatic nitrogens is 7. The summed E-state index contributed by atoms with van der Waals surface area (Å²) < 4.78 is 3.48. The van der Waals surface area contributed by atoms with Gasteiger partial charge in [0.2, 0.25) is 0 Å². The third-order valence-corrected chi connectivity index (χ3v) is 6.66. The third kappa shape index (κ3) is 4.85. The topological polar surface area (TPSA) is 94.3 Å². The summed E-state index contributed by atoms with van der Waals surface area (Å²) in [5.41, 5.74) is 5.61. The molecule has 0 fully saturated rings. The van der Waals surface area contributed by atoms with Gasteiger partial charge in [-0.1, -0.05) is 79.5 Å². The van der Waals surface area contributed by atoms with Gasteiger partial charge in [0.1, 0.15) is 5.15 Å². The van der Waals surface area contributed by atoms with Crippen LogP contribution in [-0.2, 0) is 19.5 Å². The summed E-state index contributed by atoms with van der Waals surface area (Å²) in [6, 6.07) is 19.9. The van der Waals surface area contributed by atoms with E-state index in [0.717, 1.165) is 52.8 Å². The van der Waals surface area contributed by atoms with Gasteiger partial charge in [-0.3, -0.25) is 14.1 Å². The number of hydrogen-bond donors (Lipinski definition) is 1. The lowest BCUT2D eigenvalue weighted by atomic mass is 10.0. The second kappa shape index (κ2) is 10.7. The molecule has 0 saturated carbocycles. The number of benzene rings is 2. The number of unbranched alkanes of at least 4 members (excludes halogenated alkanes) is 1. The summed E-state index contributed by atoms with van der Waals surface area (Å²) in [4.78, 5) is 17.7. The molecule has 0 atom stereocenters. The fourth-order valence-electron chi connectivity index (χ4n) is 4.34. The van der Waals surface area contributed by atoms with Gasteiger partial charge in [-0.2, -0.15) is 0 Å². The summed E-state index contributed by atoms with van der Waals surface area (Å²) in [5, 5.41) is 14.7. The molecule has 0 aliphatic heterocycles. The Hall–Kier alpha value is -4.04. The fourth-order valence-corrected chi connectivity index (χ4v) is 4.67. The number of imidazole rings is 1. The van der Waals surface area contributed by atoms with Crippen LogP contribution in [0.15, 0.2) is 77.9 Å². The Bertz CT molecular complexity index is 1490.